The maximum atomic E-state index is 13.2. The monoisotopic (exact) mass is 396 g/mol. The highest BCUT2D eigenvalue weighted by Crippen LogP contribution is 2.38. The van der Waals surface area contributed by atoms with Crippen LogP contribution < -0.4 is 11.1 Å². The van der Waals surface area contributed by atoms with Crippen molar-refractivity contribution in [2.75, 3.05) is 0 Å². The van der Waals surface area contributed by atoms with Crippen molar-refractivity contribution in [2.45, 2.75) is 69.2 Å². The number of fused-ring (bicyclic) bond motifs is 3. The van der Waals surface area contributed by atoms with Crippen molar-refractivity contribution in [2.24, 2.45) is 5.73 Å². The fourth-order valence-electron chi connectivity index (χ4n) is 5.49. The van der Waals surface area contributed by atoms with E-state index >= 15 is 0 Å². The van der Waals surface area contributed by atoms with Gasteiger partial charge in [-0.25, -0.2) is 0 Å². The van der Waals surface area contributed by atoms with Gasteiger partial charge in [0.2, 0.25) is 11.8 Å². The molecule has 29 heavy (non-hydrogen) atoms. The zero-order valence-corrected chi connectivity index (χ0v) is 16.1. The van der Waals surface area contributed by atoms with Crippen LogP contribution in [0.25, 0.3) is 0 Å². The van der Waals surface area contributed by atoms with Crippen LogP contribution in [0, 0.1) is 0 Å². The molecule has 0 spiro atoms. The van der Waals surface area contributed by atoms with Gasteiger partial charge in [-0.15, -0.1) is 0 Å². The zero-order chi connectivity index (χ0) is 20.3. The molecule has 4 amide bonds. The van der Waals surface area contributed by atoms with Gasteiger partial charge in [0, 0.05) is 31.1 Å². The molecule has 0 radical (unpaired) electrons. The lowest BCUT2D eigenvalue weighted by molar-refractivity contribution is -0.136. The molecule has 8 heteroatoms. The number of carbonyl (C=O) groups excluding carboxylic acids is 4. The molecule has 4 aliphatic rings. The maximum Gasteiger partial charge on any atom is 0.262 e. The smallest absolute Gasteiger partial charge is 0.262 e. The van der Waals surface area contributed by atoms with E-state index in [1.807, 2.05) is 6.07 Å². The first kappa shape index (κ1) is 18.4. The molecule has 8 nitrogen and oxygen atoms in total. The molecule has 4 heterocycles. The number of nitrogens with one attached hydrogen (secondary N) is 1. The van der Waals surface area contributed by atoms with Crippen molar-refractivity contribution in [3.63, 3.8) is 0 Å². The second-order valence-electron chi connectivity index (χ2n) is 8.58. The Morgan fingerprint density at radius 1 is 1.00 bits per heavy atom. The molecule has 4 atom stereocenters. The first-order valence-electron chi connectivity index (χ1n) is 10.3. The van der Waals surface area contributed by atoms with Gasteiger partial charge in [0.05, 0.1) is 11.1 Å². The topological polar surface area (TPSA) is 113 Å². The van der Waals surface area contributed by atoms with E-state index in [0.29, 0.717) is 29.8 Å². The predicted molar refractivity (Wildman–Crippen MR) is 103 cm³/mol. The first-order chi connectivity index (χ1) is 13.9. The SMILES string of the molecule is NC1C[C@H]2CC[C@@H](C1)N2Cc1cccc2c1C(=O)N(C1CCC(=O)NC1=O)C2=O. The molecule has 0 saturated carbocycles. The third-order valence-electron chi connectivity index (χ3n) is 6.83. The second kappa shape index (κ2) is 6.74. The van der Waals surface area contributed by atoms with Gasteiger partial charge < -0.3 is 5.73 Å². The number of piperidine rings is 2. The summed E-state index contributed by atoms with van der Waals surface area (Å²) in [7, 11) is 0. The van der Waals surface area contributed by atoms with E-state index in [9.17, 15) is 19.2 Å². The lowest BCUT2D eigenvalue weighted by Gasteiger charge is -2.38. The third kappa shape index (κ3) is 2.89. The molecular formula is C21H24N4O4. The van der Waals surface area contributed by atoms with Gasteiger partial charge in [-0.3, -0.25) is 34.3 Å². The van der Waals surface area contributed by atoms with Crippen LogP contribution in [0.3, 0.4) is 0 Å². The fraction of sp³-hybridized carbons (Fsp3) is 0.524. The van der Waals surface area contributed by atoms with Gasteiger partial charge in [0.25, 0.3) is 11.8 Å². The summed E-state index contributed by atoms with van der Waals surface area (Å²) in [6.07, 6.45) is 4.43. The van der Waals surface area contributed by atoms with Crippen LogP contribution in [-0.2, 0) is 16.1 Å². The quantitative estimate of drug-likeness (QED) is 0.721. The highest BCUT2D eigenvalue weighted by Gasteiger charge is 2.46. The van der Waals surface area contributed by atoms with Crippen molar-refractivity contribution < 1.29 is 19.2 Å². The molecule has 5 rings (SSSR count). The van der Waals surface area contributed by atoms with E-state index in [1.165, 1.54) is 0 Å². The Labute approximate surface area is 168 Å². The summed E-state index contributed by atoms with van der Waals surface area (Å²) in [6.45, 7) is 0.605. The number of hydrogen-bond acceptors (Lipinski definition) is 6. The molecule has 0 aliphatic carbocycles. The molecule has 3 N–H and O–H groups in total. The van der Waals surface area contributed by atoms with Crippen molar-refractivity contribution in [3.8, 4) is 0 Å². The van der Waals surface area contributed by atoms with E-state index < -0.39 is 23.8 Å². The van der Waals surface area contributed by atoms with Crippen molar-refractivity contribution >= 4 is 23.6 Å². The van der Waals surface area contributed by atoms with Gasteiger partial charge >= 0.3 is 0 Å². The number of amides is 4. The van der Waals surface area contributed by atoms with Crippen LogP contribution in [-0.4, -0.2) is 57.6 Å². The fourth-order valence-corrected chi connectivity index (χ4v) is 5.49. The number of rotatable bonds is 3. The van der Waals surface area contributed by atoms with Crippen LogP contribution in [0.2, 0.25) is 0 Å². The average molecular weight is 396 g/mol. The number of nitrogens with two attached hydrogens (primary N) is 1. The lowest BCUT2D eigenvalue weighted by atomic mass is 9.96. The summed E-state index contributed by atoms with van der Waals surface area (Å²) in [6, 6.07) is 5.47. The van der Waals surface area contributed by atoms with E-state index in [1.54, 1.807) is 12.1 Å². The normalized spacial score (nSPS) is 32.0. The number of hydrogen-bond donors (Lipinski definition) is 2. The van der Waals surface area contributed by atoms with E-state index in [-0.39, 0.29) is 24.8 Å². The summed E-state index contributed by atoms with van der Waals surface area (Å²) in [5.74, 6) is -1.84. The summed E-state index contributed by atoms with van der Waals surface area (Å²) in [4.78, 5) is 53.4. The highest BCUT2D eigenvalue weighted by atomic mass is 16.2. The number of benzene rings is 1. The minimum absolute atomic E-state index is 0.119. The Morgan fingerprint density at radius 3 is 2.41 bits per heavy atom. The molecule has 152 valence electrons. The van der Waals surface area contributed by atoms with Gasteiger partial charge in [-0.2, -0.15) is 0 Å². The lowest BCUT2D eigenvalue weighted by Crippen LogP contribution is -2.54. The molecule has 1 aromatic carbocycles. The van der Waals surface area contributed by atoms with Crippen LogP contribution in [0.1, 0.15) is 64.8 Å². The Kier molecular flexibility index (Phi) is 4.29. The van der Waals surface area contributed by atoms with Crippen molar-refractivity contribution in [3.05, 3.63) is 34.9 Å². The third-order valence-corrected chi connectivity index (χ3v) is 6.83. The molecule has 4 aliphatic heterocycles. The van der Waals surface area contributed by atoms with Crippen LogP contribution >= 0.6 is 0 Å². The number of imide groups is 2. The van der Waals surface area contributed by atoms with Gasteiger partial charge in [-0.05, 0) is 43.7 Å². The second-order valence-corrected chi connectivity index (χ2v) is 8.58. The van der Waals surface area contributed by atoms with Crippen LogP contribution in [0.5, 0.6) is 0 Å². The summed E-state index contributed by atoms with van der Waals surface area (Å²) < 4.78 is 0. The zero-order valence-electron chi connectivity index (χ0n) is 16.1. The minimum Gasteiger partial charge on any atom is -0.328 e. The standard InChI is InChI=1S/C21H24N4O4/c22-12-8-13-4-5-14(9-12)24(13)10-11-2-1-3-15-18(11)21(29)25(20(15)28)16-6-7-17(26)23-19(16)27/h1-3,12-14,16H,4-10,22H2,(H,23,26,27)/t12?,13-,14+,16?. The van der Waals surface area contributed by atoms with Crippen molar-refractivity contribution in [1.29, 1.82) is 0 Å². The van der Waals surface area contributed by atoms with E-state index in [2.05, 4.69) is 10.2 Å². The van der Waals surface area contributed by atoms with Crippen LogP contribution in [0.15, 0.2) is 18.2 Å². The van der Waals surface area contributed by atoms with E-state index in [0.717, 1.165) is 36.1 Å². The summed E-state index contributed by atoms with van der Waals surface area (Å²) in [5.41, 5.74) is 7.74. The Balaban J connectivity index is 1.44. The Bertz CT molecular complexity index is 915. The Morgan fingerprint density at radius 2 is 1.72 bits per heavy atom. The summed E-state index contributed by atoms with van der Waals surface area (Å²) >= 11 is 0. The van der Waals surface area contributed by atoms with E-state index in [4.69, 9.17) is 5.73 Å². The minimum atomic E-state index is -0.933. The highest BCUT2D eigenvalue weighted by molar-refractivity contribution is 6.24. The number of nitrogens with zero attached hydrogens (tertiary/aromatic N) is 2. The molecule has 2 unspecified atom stereocenters. The van der Waals surface area contributed by atoms with Gasteiger partial charge in [0.1, 0.15) is 6.04 Å². The first-order valence-corrected chi connectivity index (χ1v) is 10.3. The molecule has 0 aromatic heterocycles. The van der Waals surface area contributed by atoms with Gasteiger partial charge in [0.15, 0.2) is 0 Å². The average Bonchev–Trinajstić information content (AvgIpc) is 3.06. The maximum absolute atomic E-state index is 13.2. The molecule has 3 saturated heterocycles. The van der Waals surface area contributed by atoms with Crippen LogP contribution in [0.4, 0.5) is 0 Å². The molecular weight excluding hydrogens is 372 g/mol. The largest absolute Gasteiger partial charge is 0.328 e. The Hall–Kier alpha value is -2.58. The predicted octanol–water partition coefficient (Wildman–Crippen LogP) is 0.542. The molecule has 3 fully saturated rings. The van der Waals surface area contributed by atoms with Gasteiger partial charge in [-0.1, -0.05) is 12.1 Å². The summed E-state index contributed by atoms with van der Waals surface area (Å²) in [5, 5.41) is 2.23. The molecule has 1 aromatic rings. The molecule has 2 bridgehead atoms. The number of carbonyl (C=O) groups is 4. The van der Waals surface area contributed by atoms with Crippen molar-refractivity contribution in [1.82, 2.24) is 15.1 Å².